The summed E-state index contributed by atoms with van der Waals surface area (Å²) in [6.07, 6.45) is 2.89. The van der Waals surface area contributed by atoms with Gasteiger partial charge in [-0.1, -0.05) is 29.3 Å². The Morgan fingerprint density at radius 1 is 1.35 bits per heavy atom. The van der Waals surface area contributed by atoms with E-state index >= 15 is 0 Å². The number of ether oxygens (including phenoxy) is 1. The number of hydrogen-bond donors (Lipinski definition) is 1. The van der Waals surface area contributed by atoms with Crippen molar-refractivity contribution in [3.63, 3.8) is 0 Å². The largest absolute Gasteiger partial charge is 0.464 e. The van der Waals surface area contributed by atoms with Crippen molar-refractivity contribution in [2.45, 2.75) is 19.9 Å². The van der Waals surface area contributed by atoms with E-state index in [0.29, 0.717) is 10.0 Å². The minimum Gasteiger partial charge on any atom is -0.464 e. The van der Waals surface area contributed by atoms with Gasteiger partial charge in [-0.15, -0.1) is 0 Å². The summed E-state index contributed by atoms with van der Waals surface area (Å²) in [5, 5.41) is 3.36. The van der Waals surface area contributed by atoms with Crippen LogP contribution in [0.15, 0.2) is 24.3 Å². The van der Waals surface area contributed by atoms with Crippen molar-refractivity contribution in [1.29, 1.82) is 0 Å². The molecule has 0 aliphatic heterocycles. The van der Waals surface area contributed by atoms with Gasteiger partial charge in [-0.2, -0.15) is 0 Å². The normalized spacial score (nSPS) is 12.2. The molecule has 0 heterocycles. The summed E-state index contributed by atoms with van der Waals surface area (Å²) in [5.41, 5.74) is 0.735. The van der Waals surface area contributed by atoms with E-state index in [-0.39, 0.29) is 6.61 Å². The van der Waals surface area contributed by atoms with Crippen LogP contribution in [0.3, 0.4) is 0 Å². The topological polar surface area (TPSA) is 55.4 Å². The summed E-state index contributed by atoms with van der Waals surface area (Å²) < 4.78 is 4.79. The van der Waals surface area contributed by atoms with Crippen molar-refractivity contribution in [3.05, 3.63) is 39.9 Å². The molecule has 0 aromatic heterocycles. The Bertz CT molecular complexity index is 529. The second-order valence-electron chi connectivity index (χ2n) is 3.99. The third kappa shape index (κ3) is 5.23. The van der Waals surface area contributed by atoms with E-state index in [1.54, 1.807) is 38.1 Å². The van der Waals surface area contributed by atoms with Gasteiger partial charge in [0.1, 0.15) is 6.04 Å². The van der Waals surface area contributed by atoms with Gasteiger partial charge in [0.2, 0.25) is 5.91 Å². The molecule has 20 heavy (non-hydrogen) atoms. The molecule has 4 nitrogen and oxygen atoms in total. The van der Waals surface area contributed by atoms with Crippen LogP contribution in [0.2, 0.25) is 10.0 Å². The molecule has 0 spiro atoms. The zero-order chi connectivity index (χ0) is 15.1. The van der Waals surface area contributed by atoms with Crippen LogP contribution in [0.4, 0.5) is 0 Å². The Balaban J connectivity index is 2.59. The Labute approximate surface area is 127 Å². The Morgan fingerprint density at radius 2 is 2.05 bits per heavy atom. The van der Waals surface area contributed by atoms with Gasteiger partial charge in [0, 0.05) is 6.08 Å². The van der Waals surface area contributed by atoms with E-state index in [1.165, 1.54) is 6.08 Å². The second-order valence-corrected chi connectivity index (χ2v) is 4.80. The second kappa shape index (κ2) is 7.92. The molecule has 0 aliphatic carbocycles. The van der Waals surface area contributed by atoms with Crippen LogP contribution in [-0.2, 0) is 14.3 Å². The molecule has 1 rings (SSSR count). The van der Waals surface area contributed by atoms with E-state index in [4.69, 9.17) is 27.9 Å². The smallest absolute Gasteiger partial charge is 0.328 e. The van der Waals surface area contributed by atoms with Gasteiger partial charge >= 0.3 is 5.97 Å². The number of hydrogen-bond acceptors (Lipinski definition) is 3. The lowest BCUT2D eigenvalue weighted by Gasteiger charge is -2.10. The molecule has 1 aromatic carbocycles. The molecule has 1 unspecified atom stereocenters. The first-order valence-electron chi connectivity index (χ1n) is 6.04. The molecule has 0 radical (unpaired) electrons. The fraction of sp³-hybridized carbons (Fsp3) is 0.286. The van der Waals surface area contributed by atoms with Gasteiger partial charge in [0.05, 0.1) is 16.7 Å². The third-order valence-electron chi connectivity index (χ3n) is 2.37. The molecule has 108 valence electrons. The fourth-order valence-electron chi connectivity index (χ4n) is 1.38. The standard InChI is InChI=1S/C14H15Cl2NO3/c1-3-20-14(19)9(2)17-13(18)7-5-10-4-6-11(15)12(16)8-10/h4-9H,3H2,1-2H3,(H,17,18). The summed E-state index contributed by atoms with van der Waals surface area (Å²) in [6.45, 7) is 3.54. The first kappa shape index (κ1) is 16.5. The quantitative estimate of drug-likeness (QED) is 0.671. The highest BCUT2D eigenvalue weighted by atomic mass is 35.5. The van der Waals surface area contributed by atoms with Crippen molar-refractivity contribution in [2.24, 2.45) is 0 Å². The maximum absolute atomic E-state index is 11.6. The third-order valence-corrected chi connectivity index (χ3v) is 3.11. The molecule has 6 heteroatoms. The average molecular weight is 316 g/mol. The van der Waals surface area contributed by atoms with Gasteiger partial charge in [0.25, 0.3) is 0 Å². The van der Waals surface area contributed by atoms with Crippen LogP contribution in [0.1, 0.15) is 19.4 Å². The number of amides is 1. The van der Waals surface area contributed by atoms with E-state index in [1.807, 2.05) is 0 Å². The minimum atomic E-state index is -0.694. The average Bonchev–Trinajstić information content (AvgIpc) is 2.40. The monoisotopic (exact) mass is 315 g/mol. The number of halogens is 2. The van der Waals surface area contributed by atoms with Crippen molar-refractivity contribution >= 4 is 41.2 Å². The molecule has 0 fully saturated rings. The summed E-state index contributed by atoms with van der Waals surface area (Å²) in [4.78, 5) is 23.0. The van der Waals surface area contributed by atoms with Crippen LogP contribution in [0.5, 0.6) is 0 Å². The Hall–Kier alpha value is -1.52. The molecule has 0 bridgehead atoms. The maximum Gasteiger partial charge on any atom is 0.328 e. The molecule has 0 aliphatic rings. The maximum atomic E-state index is 11.6. The summed E-state index contributed by atoms with van der Waals surface area (Å²) in [5.74, 6) is -0.861. The zero-order valence-electron chi connectivity index (χ0n) is 11.2. The molecular formula is C14H15Cl2NO3. The fourth-order valence-corrected chi connectivity index (χ4v) is 1.68. The van der Waals surface area contributed by atoms with E-state index in [2.05, 4.69) is 5.32 Å². The van der Waals surface area contributed by atoms with Gasteiger partial charge in [-0.05, 0) is 37.6 Å². The van der Waals surface area contributed by atoms with Crippen molar-refractivity contribution < 1.29 is 14.3 Å². The van der Waals surface area contributed by atoms with Gasteiger partial charge in [0.15, 0.2) is 0 Å². The lowest BCUT2D eigenvalue weighted by atomic mass is 10.2. The van der Waals surface area contributed by atoms with Crippen LogP contribution in [0, 0.1) is 0 Å². The highest BCUT2D eigenvalue weighted by Crippen LogP contribution is 2.22. The highest BCUT2D eigenvalue weighted by molar-refractivity contribution is 6.42. The highest BCUT2D eigenvalue weighted by Gasteiger charge is 2.14. The lowest BCUT2D eigenvalue weighted by molar-refractivity contribution is -0.146. The lowest BCUT2D eigenvalue weighted by Crippen LogP contribution is -2.38. The van der Waals surface area contributed by atoms with E-state index in [9.17, 15) is 9.59 Å². The van der Waals surface area contributed by atoms with E-state index < -0.39 is 17.9 Å². The minimum absolute atomic E-state index is 0.276. The van der Waals surface area contributed by atoms with Gasteiger partial charge < -0.3 is 10.1 Å². The van der Waals surface area contributed by atoms with Crippen LogP contribution >= 0.6 is 23.2 Å². The predicted octanol–water partition coefficient (Wildman–Crippen LogP) is 3.07. The number of carbonyl (C=O) groups excluding carboxylic acids is 2. The summed E-state index contributed by atoms with van der Waals surface area (Å²) >= 11 is 11.7. The molecule has 1 amide bonds. The molecule has 0 saturated carbocycles. The number of esters is 1. The first-order valence-corrected chi connectivity index (χ1v) is 6.80. The number of carbonyl (C=O) groups is 2. The Kier molecular flexibility index (Phi) is 6.55. The van der Waals surface area contributed by atoms with E-state index in [0.717, 1.165) is 5.56 Å². The van der Waals surface area contributed by atoms with Crippen molar-refractivity contribution in [2.75, 3.05) is 6.61 Å². The molecule has 1 aromatic rings. The number of nitrogens with one attached hydrogen (secondary N) is 1. The molecule has 0 saturated heterocycles. The molecular weight excluding hydrogens is 301 g/mol. The summed E-state index contributed by atoms with van der Waals surface area (Å²) in [6, 6.07) is 4.32. The summed E-state index contributed by atoms with van der Waals surface area (Å²) in [7, 11) is 0. The van der Waals surface area contributed by atoms with Gasteiger partial charge in [-0.25, -0.2) is 4.79 Å². The molecule has 1 atom stereocenters. The number of rotatable bonds is 5. The Morgan fingerprint density at radius 3 is 2.65 bits per heavy atom. The van der Waals surface area contributed by atoms with Crippen LogP contribution < -0.4 is 5.32 Å². The molecule has 1 N–H and O–H groups in total. The van der Waals surface area contributed by atoms with Gasteiger partial charge in [-0.3, -0.25) is 4.79 Å². The predicted molar refractivity (Wildman–Crippen MR) is 79.7 cm³/mol. The SMILES string of the molecule is CCOC(=O)C(C)NC(=O)C=Cc1ccc(Cl)c(Cl)c1. The van der Waals surface area contributed by atoms with Crippen molar-refractivity contribution in [3.8, 4) is 0 Å². The number of benzene rings is 1. The van der Waals surface area contributed by atoms with Crippen LogP contribution in [-0.4, -0.2) is 24.5 Å². The zero-order valence-corrected chi connectivity index (χ0v) is 12.7. The van der Waals surface area contributed by atoms with Crippen LogP contribution in [0.25, 0.3) is 6.08 Å². The van der Waals surface area contributed by atoms with Crippen molar-refractivity contribution in [1.82, 2.24) is 5.32 Å². The first-order chi connectivity index (χ1) is 9.43.